The van der Waals surface area contributed by atoms with Crippen molar-refractivity contribution in [2.45, 2.75) is 37.0 Å². The lowest BCUT2D eigenvalue weighted by Crippen LogP contribution is -2.14. The summed E-state index contributed by atoms with van der Waals surface area (Å²) in [7, 11) is -3.34. The molecule has 0 saturated heterocycles. The molecule has 2 aromatic carbocycles. The van der Waals surface area contributed by atoms with Crippen LogP contribution in [0.15, 0.2) is 57.9 Å². The highest BCUT2D eigenvalue weighted by atomic mass is 32.2. The first-order valence-corrected chi connectivity index (χ1v) is 11.2. The van der Waals surface area contributed by atoms with E-state index in [0.29, 0.717) is 28.5 Å². The molecule has 1 aromatic heterocycles. The van der Waals surface area contributed by atoms with Gasteiger partial charge in [0.1, 0.15) is 12.3 Å². The molecule has 0 amide bonds. The van der Waals surface area contributed by atoms with Gasteiger partial charge in [0.05, 0.1) is 16.6 Å². The van der Waals surface area contributed by atoms with Gasteiger partial charge in [0.15, 0.2) is 27.1 Å². The highest BCUT2D eigenvalue weighted by Crippen LogP contribution is 2.36. The number of benzene rings is 2. The minimum Gasteiger partial charge on any atom is -0.459 e. The Morgan fingerprint density at radius 2 is 1.81 bits per heavy atom. The molecule has 4 rings (SSSR count). The van der Waals surface area contributed by atoms with Crippen LogP contribution in [0.25, 0.3) is 11.3 Å². The summed E-state index contributed by atoms with van der Waals surface area (Å²) in [5.41, 5.74) is 1.90. The van der Waals surface area contributed by atoms with Crippen LogP contribution in [0.4, 0.5) is 0 Å². The summed E-state index contributed by atoms with van der Waals surface area (Å²) in [5.74, 6) is 1.37. The molecule has 0 aliphatic carbocycles. The largest absolute Gasteiger partial charge is 0.459 e. The summed E-state index contributed by atoms with van der Waals surface area (Å²) < 4.78 is 45.6. The predicted octanol–water partition coefficient (Wildman–Crippen LogP) is 3.54. The average molecular weight is 443 g/mol. The van der Waals surface area contributed by atoms with Crippen LogP contribution in [0, 0.1) is 0 Å². The van der Waals surface area contributed by atoms with Crippen molar-refractivity contribution in [3.8, 4) is 22.8 Å². The molecule has 0 unspecified atom stereocenters. The first kappa shape index (κ1) is 20.9. The number of rotatable bonds is 7. The topological polar surface area (TPSA) is 105 Å². The molecule has 0 atom stereocenters. The Kier molecular flexibility index (Phi) is 5.69. The van der Waals surface area contributed by atoms with Crippen molar-refractivity contribution in [3.63, 3.8) is 0 Å². The molecule has 9 heteroatoms. The smallest absolute Gasteiger partial charge is 0.310 e. The van der Waals surface area contributed by atoms with Crippen LogP contribution in [-0.2, 0) is 32.4 Å². The summed E-state index contributed by atoms with van der Waals surface area (Å²) in [6, 6.07) is 13.3. The summed E-state index contributed by atoms with van der Waals surface area (Å²) in [6.45, 7) is 3.41. The molecule has 0 saturated carbocycles. The van der Waals surface area contributed by atoms with Crippen molar-refractivity contribution < 1.29 is 31.9 Å². The number of ether oxygens (including phenoxy) is 3. The normalized spacial score (nSPS) is 12.9. The third-order valence-electron chi connectivity index (χ3n) is 4.82. The van der Waals surface area contributed by atoms with Crippen LogP contribution < -0.4 is 9.47 Å². The predicted molar refractivity (Wildman–Crippen MR) is 110 cm³/mol. The minimum absolute atomic E-state index is 0.0227. The summed E-state index contributed by atoms with van der Waals surface area (Å²) in [5, 5.41) is 3.42. The second kappa shape index (κ2) is 8.43. The number of esters is 1. The molecular formula is C22H21NO7S. The molecular weight excluding hydrogens is 422 g/mol. The van der Waals surface area contributed by atoms with Gasteiger partial charge in [0.25, 0.3) is 0 Å². The SMILES string of the molecule is CC(C)S(=O)(=O)c1ccc(CC(=O)OCc2cc(-c3ccc4c(c3)OCO4)on2)cc1. The third-order valence-corrected chi connectivity index (χ3v) is 6.99. The first-order chi connectivity index (χ1) is 14.8. The molecule has 0 radical (unpaired) electrons. The molecule has 0 spiro atoms. The Bertz CT molecular complexity index is 1200. The van der Waals surface area contributed by atoms with Gasteiger partial charge in [0, 0.05) is 11.6 Å². The fraction of sp³-hybridized carbons (Fsp3) is 0.273. The van der Waals surface area contributed by atoms with E-state index >= 15 is 0 Å². The molecule has 0 fully saturated rings. The van der Waals surface area contributed by atoms with E-state index in [9.17, 15) is 13.2 Å². The van der Waals surface area contributed by atoms with Gasteiger partial charge in [-0.25, -0.2) is 8.42 Å². The highest BCUT2D eigenvalue weighted by Gasteiger charge is 2.19. The monoisotopic (exact) mass is 443 g/mol. The molecule has 2 heterocycles. The number of hydrogen-bond acceptors (Lipinski definition) is 8. The Morgan fingerprint density at radius 1 is 1.06 bits per heavy atom. The van der Waals surface area contributed by atoms with E-state index in [1.807, 2.05) is 6.07 Å². The Labute approximate surface area is 179 Å². The van der Waals surface area contributed by atoms with E-state index < -0.39 is 21.1 Å². The number of aromatic nitrogens is 1. The zero-order chi connectivity index (χ0) is 22.0. The zero-order valence-electron chi connectivity index (χ0n) is 17.0. The van der Waals surface area contributed by atoms with E-state index in [-0.39, 0.29) is 24.7 Å². The third kappa shape index (κ3) is 4.56. The number of sulfone groups is 1. The van der Waals surface area contributed by atoms with Crippen LogP contribution in [-0.4, -0.2) is 31.6 Å². The Morgan fingerprint density at radius 3 is 2.55 bits per heavy atom. The first-order valence-electron chi connectivity index (χ1n) is 9.67. The highest BCUT2D eigenvalue weighted by molar-refractivity contribution is 7.92. The fourth-order valence-corrected chi connectivity index (χ4v) is 4.07. The van der Waals surface area contributed by atoms with Crippen LogP contribution in [0.1, 0.15) is 25.1 Å². The van der Waals surface area contributed by atoms with Crippen LogP contribution in [0.3, 0.4) is 0 Å². The van der Waals surface area contributed by atoms with E-state index in [1.165, 1.54) is 12.1 Å². The van der Waals surface area contributed by atoms with Crippen molar-refractivity contribution in [1.82, 2.24) is 5.16 Å². The number of hydrogen-bond donors (Lipinski definition) is 0. The maximum Gasteiger partial charge on any atom is 0.310 e. The number of fused-ring (bicyclic) bond motifs is 1. The maximum atomic E-state index is 12.2. The van der Waals surface area contributed by atoms with Crippen LogP contribution in [0.2, 0.25) is 0 Å². The van der Waals surface area contributed by atoms with E-state index in [4.69, 9.17) is 18.7 Å². The number of carbonyl (C=O) groups is 1. The lowest BCUT2D eigenvalue weighted by atomic mass is 10.1. The van der Waals surface area contributed by atoms with Crippen molar-refractivity contribution in [3.05, 3.63) is 59.8 Å². The molecule has 1 aliphatic rings. The van der Waals surface area contributed by atoms with Gasteiger partial charge < -0.3 is 18.7 Å². The lowest BCUT2D eigenvalue weighted by Gasteiger charge is -2.08. The van der Waals surface area contributed by atoms with Crippen molar-refractivity contribution in [1.29, 1.82) is 0 Å². The Hall–Kier alpha value is -3.33. The van der Waals surface area contributed by atoms with Gasteiger partial charge in [-0.3, -0.25) is 4.79 Å². The van der Waals surface area contributed by atoms with Crippen molar-refractivity contribution in [2.24, 2.45) is 0 Å². The lowest BCUT2D eigenvalue weighted by molar-refractivity contribution is -0.144. The van der Waals surface area contributed by atoms with Gasteiger partial charge in [0.2, 0.25) is 6.79 Å². The molecule has 8 nitrogen and oxygen atoms in total. The van der Waals surface area contributed by atoms with E-state index in [0.717, 1.165) is 5.56 Å². The molecule has 31 heavy (non-hydrogen) atoms. The second-order valence-corrected chi connectivity index (χ2v) is 9.83. The van der Waals surface area contributed by atoms with Crippen LogP contribution in [0.5, 0.6) is 11.5 Å². The van der Waals surface area contributed by atoms with Gasteiger partial charge in [-0.2, -0.15) is 0 Å². The van der Waals surface area contributed by atoms with Gasteiger partial charge >= 0.3 is 5.97 Å². The van der Waals surface area contributed by atoms with Gasteiger partial charge in [-0.15, -0.1) is 0 Å². The number of carbonyl (C=O) groups excluding carboxylic acids is 1. The fourth-order valence-electron chi connectivity index (χ4n) is 3.01. The summed E-state index contributed by atoms with van der Waals surface area (Å²) >= 11 is 0. The standard InChI is InChI=1S/C22H21NO7S/c1-14(2)31(25,26)18-6-3-15(4-7-18)9-22(24)27-12-17-11-20(30-23-17)16-5-8-19-21(10-16)29-13-28-19/h3-8,10-11,14H,9,12-13H2,1-2H3. The molecule has 0 N–H and O–H groups in total. The minimum atomic E-state index is -3.34. The van der Waals surface area contributed by atoms with Crippen molar-refractivity contribution >= 4 is 15.8 Å². The average Bonchev–Trinajstić information content (AvgIpc) is 3.41. The van der Waals surface area contributed by atoms with Crippen LogP contribution >= 0.6 is 0 Å². The molecule has 0 bridgehead atoms. The molecule has 162 valence electrons. The maximum absolute atomic E-state index is 12.2. The molecule has 1 aliphatic heterocycles. The molecule has 3 aromatic rings. The van der Waals surface area contributed by atoms with E-state index in [2.05, 4.69) is 5.16 Å². The number of nitrogens with zero attached hydrogens (tertiary/aromatic N) is 1. The second-order valence-electron chi connectivity index (χ2n) is 7.33. The van der Waals surface area contributed by atoms with Gasteiger partial charge in [-0.05, 0) is 49.7 Å². The quantitative estimate of drug-likeness (QED) is 0.511. The summed E-state index contributed by atoms with van der Waals surface area (Å²) in [6.07, 6.45) is 0.0227. The Balaban J connectivity index is 1.33. The van der Waals surface area contributed by atoms with Gasteiger partial charge in [-0.1, -0.05) is 17.3 Å². The summed E-state index contributed by atoms with van der Waals surface area (Å²) in [4.78, 5) is 12.4. The zero-order valence-corrected chi connectivity index (χ0v) is 17.8. The van der Waals surface area contributed by atoms with E-state index in [1.54, 1.807) is 44.2 Å². The van der Waals surface area contributed by atoms with Crippen molar-refractivity contribution in [2.75, 3.05) is 6.79 Å².